The van der Waals surface area contributed by atoms with Crippen LogP contribution in [-0.4, -0.2) is 65.5 Å². The molecule has 0 saturated carbocycles. The number of nitrogens with one attached hydrogen (secondary N) is 3. The van der Waals surface area contributed by atoms with E-state index in [1.165, 1.54) is 27.7 Å². The molecule has 1 heterocycles. The number of rotatable bonds is 7. The van der Waals surface area contributed by atoms with Crippen LogP contribution in [0.2, 0.25) is 0 Å². The molecule has 0 aromatic heterocycles. The maximum atomic E-state index is 12.2. The summed E-state index contributed by atoms with van der Waals surface area (Å²) < 4.78 is 0. The molecule has 0 aromatic rings. The van der Waals surface area contributed by atoms with Crippen LogP contribution in [-0.2, 0) is 24.0 Å². The maximum Gasteiger partial charge on any atom is 0.247 e. The molecule has 1 fully saturated rings. The van der Waals surface area contributed by atoms with Crippen LogP contribution in [0.4, 0.5) is 0 Å². The first-order chi connectivity index (χ1) is 11.1. The van der Waals surface area contributed by atoms with Crippen molar-refractivity contribution in [2.75, 3.05) is 7.05 Å². The standard InChI is InChI=1S/C15H24N4O5/c1-7(10(4)20)17-13(22)8(2)18-14(23)9(3)19-12(21)6-11(16-5)15(19)24/h7-9,11,16H,6H2,1-5H3,(H,17,22)(H,18,23). The highest BCUT2D eigenvalue weighted by Crippen LogP contribution is 2.16. The van der Waals surface area contributed by atoms with E-state index in [-0.39, 0.29) is 12.2 Å². The van der Waals surface area contributed by atoms with Gasteiger partial charge in [0.1, 0.15) is 12.1 Å². The second-order valence-corrected chi connectivity index (χ2v) is 5.89. The summed E-state index contributed by atoms with van der Waals surface area (Å²) in [6.07, 6.45) is -0.000874. The van der Waals surface area contributed by atoms with Gasteiger partial charge in [-0.1, -0.05) is 0 Å². The number of carbonyl (C=O) groups is 5. The summed E-state index contributed by atoms with van der Waals surface area (Å²) in [4.78, 5) is 60.2. The fourth-order valence-corrected chi connectivity index (χ4v) is 2.24. The number of imide groups is 1. The smallest absolute Gasteiger partial charge is 0.247 e. The Kier molecular flexibility index (Phi) is 6.59. The monoisotopic (exact) mass is 340 g/mol. The minimum Gasteiger partial charge on any atom is -0.345 e. The molecule has 1 aliphatic heterocycles. The summed E-state index contributed by atoms with van der Waals surface area (Å²) in [6, 6.07) is -3.23. The lowest BCUT2D eigenvalue weighted by Crippen LogP contribution is -2.54. The Labute approximate surface area is 140 Å². The van der Waals surface area contributed by atoms with Crippen LogP contribution >= 0.6 is 0 Å². The molecule has 134 valence electrons. The van der Waals surface area contributed by atoms with Crippen molar-refractivity contribution in [2.24, 2.45) is 0 Å². The average Bonchev–Trinajstić information content (AvgIpc) is 2.80. The van der Waals surface area contributed by atoms with E-state index in [1.807, 2.05) is 0 Å². The average molecular weight is 340 g/mol. The van der Waals surface area contributed by atoms with Gasteiger partial charge in [0.2, 0.25) is 23.6 Å². The highest BCUT2D eigenvalue weighted by molar-refractivity contribution is 6.08. The van der Waals surface area contributed by atoms with E-state index >= 15 is 0 Å². The van der Waals surface area contributed by atoms with E-state index in [2.05, 4.69) is 16.0 Å². The Morgan fingerprint density at radius 3 is 2.04 bits per heavy atom. The highest BCUT2D eigenvalue weighted by atomic mass is 16.2. The van der Waals surface area contributed by atoms with E-state index < -0.39 is 47.8 Å². The van der Waals surface area contributed by atoms with Crippen molar-refractivity contribution >= 4 is 29.4 Å². The molecule has 3 N–H and O–H groups in total. The number of likely N-dealkylation sites (N-methyl/N-ethyl adjacent to an activating group) is 1. The van der Waals surface area contributed by atoms with Gasteiger partial charge in [-0.2, -0.15) is 0 Å². The Hall–Kier alpha value is -2.29. The predicted molar refractivity (Wildman–Crippen MR) is 84.7 cm³/mol. The van der Waals surface area contributed by atoms with Crippen LogP contribution in [0, 0.1) is 0 Å². The van der Waals surface area contributed by atoms with Crippen molar-refractivity contribution in [3.63, 3.8) is 0 Å². The topological polar surface area (TPSA) is 125 Å². The number of hydrogen-bond acceptors (Lipinski definition) is 6. The van der Waals surface area contributed by atoms with Gasteiger partial charge in [0, 0.05) is 0 Å². The number of ketones is 1. The molecule has 0 aromatic carbocycles. The van der Waals surface area contributed by atoms with E-state index in [4.69, 9.17) is 0 Å². The molecule has 1 saturated heterocycles. The molecular formula is C15H24N4O5. The van der Waals surface area contributed by atoms with Crippen LogP contribution in [0.3, 0.4) is 0 Å². The van der Waals surface area contributed by atoms with Crippen LogP contribution in [0.1, 0.15) is 34.1 Å². The van der Waals surface area contributed by atoms with Gasteiger partial charge in [0.25, 0.3) is 0 Å². The Bertz CT molecular complexity index is 562. The van der Waals surface area contributed by atoms with E-state index in [0.29, 0.717) is 0 Å². The Morgan fingerprint density at radius 1 is 1.04 bits per heavy atom. The zero-order valence-electron chi connectivity index (χ0n) is 14.5. The van der Waals surface area contributed by atoms with Crippen molar-refractivity contribution in [3.05, 3.63) is 0 Å². The first-order valence-electron chi connectivity index (χ1n) is 7.74. The first-order valence-corrected chi connectivity index (χ1v) is 7.74. The van der Waals surface area contributed by atoms with Gasteiger partial charge in [-0.3, -0.25) is 28.9 Å². The molecule has 24 heavy (non-hydrogen) atoms. The Morgan fingerprint density at radius 2 is 1.58 bits per heavy atom. The van der Waals surface area contributed by atoms with Gasteiger partial charge in [-0.05, 0) is 34.7 Å². The number of Topliss-reactive ketones (excluding diaryl/α,β-unsaturated/α-hetero) is 1. The summed E-state index contributed by atoms with van der Waals surface area (Å²) in [5, 5.41) is 7.63. The fourth-order valence-electron chi connectivity index (χ4n) is 2.24. The normalized spacial score (nSPS) is 21.2. The maximum absolute atomic E-state index is 12.2. The zero-order valence-corrected chi connectivity index (χ0v) is 14.5. The lowest BCUT2D eigenvalue weighted by atomic mass is 10.2. The molecule has 0 bridgehead atoms. The molecule has 9 heteroatoms. The van der Waals surface area contributed by atoms with E-state index in [0.717, 1.165) is 4.90 Å². The lowest BCUT2D eigenvalue weighted by Gasteiger charge is -2.24. The summed E-state index contributed by atoms with van der Waals surface area (Å²) in [5.41, 5.74) is 0. The largest absolute Gasteiger partial charge is 0.345 e. The van der Waals surface area contributed by atoms with Crippen molar-refractivity contribution in [1.29, 1.82) is 0 Å². The molecule has 0 spiro atoms. The lowest BCUT2D eigenvalue weighted by molar-refractivity contribution is -0.146. The summed E-state index contributed by atoms with van der Waals surface area (Å²) in [7, 11) is 1.56. The van der Waals surface area contributed by atoms with Gasteiger partial charge in [0.05, 0.1) is 18.5 Å². The SMILES string of the molecule is CNC1CC(=O)N(C(C)C(=O)NC(C)C(=O)NC(C)C(C)=O)C1=O. The molecule has 1 rings (SSSR count). The highest BCUT2D eigenvalue weighted by Gasteiger charge is 2.42. The minimum atomic E-state index is -1.02. The van der Waals surface area contributed by atoms with E-state index in [9.17, 15) is 24.0 Å². The van der Waals surface area contributed by atoms with E-state index in [1.54, 1.807) is 7.05 Å². The third-order valence-electron chi connectivity index (χ3n) is 4.02. The Balaban J connectivity index is 2.67. The predicted octanol–water partition coefficient (Wildman–Crippen LogP) is -1.68. The molecular weight excluding hydrogens is 316 g/mol. The minimum absolute atomic E-state index is 0.000874. The summed E-state index contributed by atoms with van der Waals surface area (Å²) >= 11 is 0. The summed E-state index contributed by atoms with van der Waals surface area (Å²) in [6.45, 7) is 5.76. The molecule has 9 nitrogen and oxygen atoms in total. The molecule has 1 aliphatic rings. The van der Waals surface area contributed by atoms with Crippen molar-refractivity contribution in [1.82, 2.24) is 20.9 Å². The van der Waals surface area contributed by atoms with Crippen LogP contribution < -0.4 is 16.0 Å². The van der Waals surface area contributed by atoms with Gasteiger partial charge in [-0.25, -0.2) is 0 Å². The zero-order chi connectivity index (χ0) is 18.6. The first kappa shape index (κ1) is 19.8. The van der Waals surface area contributed by atoms with Gasteiger partial charge in [-0.15, -0.1) is 0 Å². The molecule has 0 aliphatic carbocycles. The van der Waals surface area contributed by atoms with Crippen LogP contribution in [0.25, 0.3) is 0 Å². The van der Waals surface area contributed by atoms with Gasteiger partial charge >= 0.3 is 0 Å². The second kappa shape index (κ2) is 8.00. The number of amides is 4. The van der Waals surface area contributed by atoms with Crippen molar-refractivity contribution < 1.29 is 24.0 Å². The van der Waals surface area contributed by atoms with Crippen molar-refractivity contribution in [3.8, 4) is 0 Å². The second-order valence-electron chi connectivity index (χ2n) is 5.89. The molecule has 0 radical (unpaired) electrons. The fraction of sp³-hybridized carbons (Fsp3) is 0.667. The molecule has 4 unspecified atom stereocenters. The third kappa shape index (κ3) is 4.38. The number of nitrogens with zero attached hydrogens (tertiary/aromatic N) is 1. The van der Waals surface area contributed by atoms with Crippen LogP contribution in [0.15, 0.2) is 0 Å². The van der Waals surface area contributed by atoms with Crippen molar-refractivity contribution in [2.45, 2.75) is 58.3 Å². The number of hydrogen-bond donors (Lipinski definition) is 3. The number of likely N-dealkylation sites (tertiary alicyclic amines) is 1. The van der Waals surface area contributed by atoms with Crippen LogP contribution in [0.5, 0.6) is 0 Å². The molecule has 4 amide bonds. The van der Waals surface area contributed by atoms with Gasteiger partial charge in [0.15, 0.2) is 5.78 Å². The third-order valence-corrected chi connectivity index (χ3v) is 4.02. The molecule has 4 atom stereocenters. The quantitative estimate of drug-likeness (QED) is 0.476. The summed E-state index contributed by atoms with van der Waals surface area (Å²) in [5.74, 6) is -2.25. The van der Waals surface area contributed by atoms with Gasteiger partial charge < -0.3 is 16.0 Å². The number of carbonyl (C=O) groups excluding carboxylic acids is 5.